The maximum Gasteiger partial charge on any atom is 0.239 e. The van der Waals surface area contributed by atoms with Gasteiger partial charge >= 0.3 is 0 Å². The average Bonchev–Trinajstić information content (AvgIpc) is 2.39. The molecule has 22 heavy (non-hydrogen) atoms. The zero-order valence-electron chi connectivity index (χ0n) is 13.4. The number of amides is 1. The van der Waals surface area contributed by atoms with Gasteiger partial charge in [-0.05, 0) is 38.5 Å². The molecule has 0 spiro atoms. The summed E-state index contributed by atoms with van der Waals surface area (Å²) in [6.45, 7) is 6.69. The number of halogens is 2. The summed E-state index contributed by atoms with van der Waals surface area (Å²) < 4.78 is 1.05. The van der Waals surface area contributed by atoms with E-state index in [1.165, 1.54) is 0 Å². The molecule has 1 aromatic carbocycles. The summed E-state index contributed by atoms with van der Waals surface area (Å²) in [5.41, 5.74) is 0.910. The molecule has 0 unspecified atom stereocenters. The van der Waals surface area contributed by atoms with Crippen LogP contribution in [0.1, 0.15) is 26.3 Å². The van der Waals surface area contributed by atoms with Crippen molar-refractivity contribution in [2.24, 2.45) is 4.99 Å². The summed E-state index contributed by atoms with van der Waals surface area (Å²) in [6.07, 6.45) is 0. The van der Waals surface area contributed by atoms with Crippen LogP contribution in [0.3, 0.4) is 0 Å². The van der Waals surface area contributed by atoms with Gasteiger partial charge in [0.25, 0.3) is 0 Å². The Bertz CT molecular complexity index is 497. The molecule has 0 saturated carbocycles. The highest BCUT2D eigenvalue weighted by atomic mass is 127. The summed E-state index contributed by atoms with van der Waals surface area (Å²) in [7, 11) is 1.68. The molecule has 1 amide bonds. The molecule has 0 fully saturated rings. The highest BCUT2D eigenvalue weighted by molar-refractivity contribution is 14.0. The molecule has 0 saturated heterocycles. The monoisotopic (exact) mass is 482 g/mol. The van der Waals surface area contributed by atoms with Gasteiger partial charge in [0, 0.05) is 23.6 Å². The second-order valence-corrected chi connectivity index (χ2v) is 6.62. The summed E-state index contributed by atoms with van der Waals surface area (Å²) >= 11 is 3.40. The smallest absolute Gasteiger partial charge is 0.239 e. The SMILES string of the molecule is CN=C(NCC(=O)NC(C)(C)C)NCc1ccc(Br)cc1.I. The number of nitrogens with one attached hydrogen (secondary N) is 3. The number of carbonyl (C=O) groups is 1. The molecule has 0 aliphatic rings. The van der Waals surface area contributed by atoms with E-state index in [-0.39, 0.29) is 42.0 Å². The van der Waals surface area contributed by atoms with Crippen molar-refractivity contribution in [2.45, 2.75) is 32.9 Å². The minimum atomic E-state index is -0.229. The van der Waals surface area contributed by atoms with Gasteiger partial charge in [-0.2, -0.15) is 0 Å². The molecule has 1 rings (SSSR count). The van der Waals surface area contributed by atoms with Gasteiger partial charge in [0.05, 0.1) is 6.54 Å². The highest BCUT2D eigenvalue weighted by Crippen LogP contribution is 2.10. The van der Waals surface area contributed by atoms with Crippen LogP contribution in [-0.2, 0) is 11.3 Å². The Morgan fingerprint density at radius 1 is 1.18 bits per heavy atom. The first-order valence-electron chi connectivity index (χ1n) is 6.80. The first-order valence-corrected chi connectivity index (χ1v) is 7.59. The Balaban J connectivity index is 0.00000441. The first-order chi connectivity index (χ1) is 9.80. The lowest BCUT2D eigenvalue weighted by molar-refractivity contribution is -0.121. The van der Waals surface area contributed by atoms with Crippen molar-refractivity contribution in [3.63, 3.8) is 0 Å². The van der Waals surface area contributed by atoms with E-state index in [4.69, 9.17) is 0 Å². The fraction of sp³-hybridized carbons (Fsp3) is 0.467. The van der Waals surface area contributed by atoms with Crippen LogP contribution >= 0.6 is 39.9 Å². The van der Waals surface area contributed by atoms with E-state index < -0.39 is 0 Å². The van der Waals surface area contributed by atoms with Crippen molar-refractivity contribution >= 4 is 51.8 Å². The molecule has 0 bridgehead atoms. The molecule has 7 heteroatoms. The van der Waals surface area contributed by atoms with Crippen LogP contribution in [0.5, 0.6) is 0 Å². The molecular weight excluding hydrogens is 459 g/mol. The molecule has 1 aromatic rings. The Morgan fingerprint density at radius 2 is 1.77 bits per heavy atom. The predicted molar refractivity (Wildman–Crippen MR) is 106 cm³/mol. The topological polar surface area (TPSA) is 65.5 Å². The number of hydrogen-bond donors (Lipinski definition) is 3. The minimum Gasteiger partial charge on any atom is -0.352 e. The van der Waals surface area contributed by atoms with Crippen LogP contribution < -0.4 is 16.0 Å². The summed E-state index contributed by atoms with van der Waals surface area (Å²) in [6, 6.07) is 8.03. The molecule has 0 heterocycles. The van der Waals surface area contributed by atoms with Gasteiger partial charge < -0.3 is 16.0 Å². The number of rotatable bonds is 4. The summed E-state index contributed by atoms with van der Waals surface area (Å²) in [4.78, 5) is 15.8. The number of hydrogen-bond acceptors (Lipinski definition) is 2. The zero-order chi connectivity index (χ0) is 15.9. The van der Waals surface area contributed by atoms with Gasteiger partial charge in [0.1, 0.15) is 0 Å². The van der Waals surface area contributed by atoms with Crippen LogP contribution in [0.2, 0.25) is 0 Å². The van der Waals surface area contributed by atoms with Gasteiger partial charge in [-0.25, -0.2) is 0 Å². The summed E-state index contributed by atoms with van der Waals surface area (Å²) in [5.74, 6) is 0.538. The second kappa shape index (κ2) is 10.0. The fourth-order valence-electron chi connectivity index (χ4n) is 1.64. The lowest BCUT2D eigenvalue weighted by Gasteiger charge is -2.21. The molecule has 124 valence electrons. The molecule has 0 atom stereocenters. The molecule has 0 aliphatic heterocycles. The van der Waals surface area contributed by atoms with Gasteiger partial charge in [0.15, 0.2) is 5.96 Å². The maximum absolute atomic E-state index is 11.7. The molecule has 0 aromatic heterocycles. The predicted octanol–water partition coefficient (Wildman–Crippen LogP) is 2.65. The van der Waals surface area contributed by atoms with Crippen molar-refractivity contribution in [2.75, 3.05) is 13.6 Å². The van der Waals surface area contributed by atoms with E-state index in [9.17, 15) is 4.79 Å². The zero-order valence-corrected chi connectivity index (χ0v) is 17.3. The maximum atomic E-state index is 11.7. The molecule has 5 nitrogen and oxygen atoms in total. The highest BCUT2D eigenvalue weighted by Gasteiger charge is 2.13. The minimum absolute atomic E-state index is 0. The van der Waals surface area contributed by atoms with E-state index in [1.807, 2.05) is 45.0 Å². The fourth-order valence-corrected chi connectivity index (χ4v) is 1.90. The molecule has 0 aliphatic carbocycles. The van der Waals surface area contributed by atoms with Crippen molar-refractivity contribution in [3.05, 3.63) is 34.3 Å². The van der Waals surface area contributed by atoms with Gasteiger partial charge in [0.2, 0.25) is 5.91 Å². The number of carbonyl (C=O) groups excluding carboxylic acids is 1. The van der Waals surface area contributed by atoms with Crippen molar-refractivity contribution in [3.8, 4) is 0 Å². The third-order valence-electron chi connectivity index (χ3n) is 2.53. The Labute approximate surface area is 157 Å². The average molecular weight is 483 g/mol. The van der Waals surface area contributed by atoms with Crippen LogP contribution in [0, 0.1) is 0 Å². The third-order valence-corrected chi connectivity index (χ3v) is 3.06. The van der Waals surface area contributed by atoms with E-state index in [0.717, 1.165) is 10.0 Å². The molecule has 3 N–H and O–H groups in total. The Morgan fingerprint density at radius 3 is 2.27 bits per heavy atom. The van der Waals surface area contributed by atoms with Crippen molar-refractivity contribution < 1.29 is 4.79 Å². The van der Waals surface area contributed by atoms with E-state index >= 15 is 0 Å². The van der Waals surface area contributed by atoms with Crippen LogP contribution in [0.15, 0.2) is 33.7 Å². The third kappa shape index (κ3) is 9.24. The number of nitrogens with zero attached hydrogens (tertiary/aromatic N) is 1. The van der Waals surface area contributed by atoms with E-state index in [1.54, 1.807) is 7.05 Å². The summed E-state index contributed by atoms with van der Waals surface area (Å²) in [5, 5.41) is 9.05. The van der Waals surface area contributed by atoms with Crippen molar-refractivity contribution in [1.82, 2.24) is 16.0 Å². The van der Waals surface area contributed by atoms with E-state index in [0.29, 0.717) is 12.5 Å². The van der Waals surface area contributed by atoms with Gasteiger partial charge in [-0.15, -0.1) is 24.0 Å². The van der Waals surface area contributed by atoms with Gasteiger partial charge in [-0.1, -0.05) is 28.1 Å². The molecular formula is C15H24BrIN4O. The largest absolute Gasteiger partial charge is 0.352 e. The van der Waals surface area contributed by atoms with Crippen LogP contribution in [0.4, 0.5) is 0 Å². The lowest BCUT2D eigenvalue weighted by Crippen LogP contribution is -2.48. The standard InChI is InChI=1S/C15H23BrN4O.HI/c1-15(2,3)20-13(21)10-19-14(17-4)18-9-11-5-7-12(16)8-6-11;/h5-8H,9-10H2,1-4H3,(H,20,21)(H2,17,18,19);1H. The number of benzene rings is 1. The van der Waals surface area contributed by atoms with Crippen LogP contribution in [0.25, 0.3) is 0 Å². The Kier molecular flexibility index (Phi) is 9.66. The van der Waals surface area contributed by atoms with E-state index in [2.05, 4.69) is 36.9 Å². The van der Waals surface area contributed by atoms with Gasteiger partial charge in [-0.3, -0.25) is 9.79 Å². The number of guanidine groups is 1. The van der Waals surface area contributed by atoms with Crippen molar-refractivity contribution in [1.29, 1.82) is 0 Å². The molecule has 0 radical (unpaired) electrons. The second-order valence-electron chi connectivity index (χ2n) is 5.70. The Hall–Kier alpha value is -0.830. The lowest BCUT2D eigenvalue weighted by atomic mass is 10.1. The normalized spacial score (nSPS) is 11.4. The quantitative estimate of drug-likeness (QED) is 0.351. The number of aliphatic imine (C=N–C) groups is 1. The van der Waals surface area contributed by atoms with Crippen LogP contribution in [-0.4, -0.2) is 31.0 Å². The first kappa shape index (κ1) is 21.2.